The van der Waals surface area contributed by atoms with E-state index in [9.17, 15) is 0 Å². The van der Waals surface area contributed by atoms with Crippen molar-refractivity contribution in [3.63, 3.8) is 0 Å². The molecule has 1 aromatic heterocycles. The lowest BCUT2D eigenvalue weighted by molar-refractivity contribution is 0.442. The molecule has 88 valence electrons. The highest BCUT2D eigenvalue weighted by atomic mass is 32.2. The first-order valence-corrected chi connectivity index (χ1v) is 7.30. The van der Waals surface area contributed by atoms with Crippen LogP contribution in [-0.4, -0.2) is 29.6 Å². The SMILES string of the molecule is c1oc(CC2CCNC2)nc1C1CCSC1. The standard InChI is InChI=1S/C12H18N2OS/c1-3-13-6-9(1)5-12-14-11(7-15-12)10-2-4-16-8-10/h7,9-10,13H,1-6,8H2. The summed E-state index contributed by atoms with van der Waals surface area (Å²) in [5, 5.41) is 3.38. The van der Waals surface area contributed by atoms with Crippen molar-refractivity contribution < 1.29 is 4.42 Å². The van der Waals surface area contributed by atoms with E-state index in [1.807, 2.05) is 18.0 Å². The molecule has 0 amide bonds. The van der Waals surface area contributed by atoms with Gasteiger partial charge in [-0.1, -0.05) is 0 Å². The van der Waals surface area contributed by atoms with Crippen LogP contribution in [0.2, 0.25) is 0 Å². The monoisotopic (exact) mass is 238 g/mol. The molecule has 0 spiro atoms. The van der Waals surface area contributed by atoms with Crippen LogP contribution >= 0.6 is 11.8 Å². The molecule has 16 heavy (non-hydrogen) atoms. The van der Waals surface area contributed by atoms with Gasteiger partial charge in [0.05, 0.1) is 5.69 Å². The molecule has 2 aliphatic rings. The first kappa shape index (κ1) is 10.7. The lowest BCUT2D eigenvalue weighted by atomic mass is 10.0. The Labute approximate surface area is 100 Å². The van der Waals surface area contributed by atoms with E-state index >= 15 is 0 Å². The maximum Gasteiger partial charge on any atom is 0.194 e. The van der Waals surface area contributed by atoms with E-state index in [4.69, 9.17) is 4.42 Å². The van der Waals surface area contributed by atoms with Crippen molar-refractivity contribution in [2.75, 3.05) is 24.6 Å². The Bertz CT molecular complexity index is 341. The van der Waals surface area contributed by atoms with Gasteiger partial charge in [-0.2, -0.15) is 11.8 Å². The summed E-state index contributed by atoms with van der Waals surface area (Å²) in [6.07, 6.45) is 5.42. The van der Waals surface area contributed by atoms with Crippen molar-refractivity contribution in [3.05, 3.63) is 17.8 Å². The molecule has 3 rings (SSSR count). The van der Waals surface area contributed by atoms with E-state index in [-0.39, 0.29) is 0 Å². The maximum atomic E-state index is 5.59. The highest BCUT2D eigenvalue weighted by Gasteiger charge is 2.22. The molecule has 0 radical (unpaired) electrons. The van der Waals surface area contributed by atoms with Crippen LogP contribution in [0.1, 0.15) is 30.3 Å². The number of thioether (sulfide) groups is 1. The van der Waals surface area contributed by atoms with Crippen molar-refractivity contribution in [1.82, 2.24) is 10.3 Å². The van der Waals surface area contributed by atoms with Crippen molar-refractivity contribution in [2.24, 2.45) is 5.92 Å². The predicted molar refractivity (Wildman–Crippen MR) is 65.9 cm³/mol. The Kier molecular flexibility index (Phi) is 3.20. The average molecular weight is 238 g/mol. The van der Waals surface area contributed by atoms with Crippen LogP contribution in [0.4, 0.5) is 0 Å². The first-order valence-electron chi connectivity index (χ1n) is 6.14. The second-order valence-electron chi connectivity index (χ2n) is 4.79. The minimum absolute atomic E-state index is 0.643. The van der Waals surface area contributed by atoms with Crippen LogP contribution in [0, 0.1) is 5.92 Å². The number of oxazole rings is 1. The lowest BCUT2D eigenvalue weighted by Gasteiger charge is -2.03. The highest BCUT2D eigenvalue weighted by molar-refractivity contribution is 7.99. The van der Waals surface area contributed by atoms with Crippen molar-refractivity contribution in [1.29, 1.82) is 0 Å². The molecule has 4 heteroatoms. The molecule has 0 saturated carbocycles. The first-order chi connectivity index (χ1) is 7.92. The van der Waals surface area contributed by atoms with E-state index in [1.165, 1.54) is 30.0 Å². The van der Waals surface area contributed by atoms with Gasteiger partial charge in [0.25, 0.3) is 0 Å². The molecule has 1 N–H and O–H groups in total. The number of aromatic nitrogens is 1. The van der Waals surface area contributed by atoms with Crippen molar-refractivity contribution in [2.45, 2.75) is 25.2 Å². The quantitative estimate of drug-likeness (QED) is 0.874. The molecular weight excluding hydrogens is 220 g/mol. The molecule has 2 unspecified atom stereocenters. The van der Waals surface area contributed by atoms with Crippen LogP contribution in [0.5, 0.6) is 0 Å². The zero-order valence-corrected chi connectivity index (χ0v) is 10.3. The van der Waals surface area contributed by atoms with Crippen molar-refractivity contribution >= 4 is 11.8 Å². The Morgan fingerprint density at radius 3 is 3.25 bits per heavy atom. The van der Waals surface area contributed by atoms with Crippen LogP contribution < -0.4 is 5.32 Å². The van der Waals surface area contributed by atoms with Gasteiger partial charge in [0.15, 0.2) is 5.89 Å². The molecular formula is C12H18N2OS. The third-order valence-corrected chi connectivity index (χ3v) is 4.71. The van der Waals surface area contributed by atoms with Gasteiger partial charge < -0.3 is 9.73 Å². The summed E-state index contributed by atoms with van der Waals surface area (Å²) in [4.78, 5) is 4.65. The fourth-order valence-corrected chi connectivity index (χ4v) is 3.75. The molecule has 0 aliphatic carbocycles. The summed E-state index contributed by atoms with van der Waals surface area (Å²) in [7, 11) is 0. The second-order valence-corrected chi connectivity index (χ2v) is 5.94. The van der Waals surface area contributed by atoms with Crippen LogP contribution in [-0.2, 0) is 6.42 Å². The van der Waals surface area contributed by atoms with Crippen molar-refractivity contribution in [3.8, 4) is 0 Å². The summed E-state index contributed by atoms with van der Waals surface area (Å²) in [6, 6.07) is 0. The largest absolute Gasteiger partial charge is 0.449 e. The van der Waals surface area contributed by atoms with E-state index < -0.39 is 0 Å². The van der Waals surface area contributed by atoms with E-state index in [0.29, 0.717) is 5.92 Å². The number of nitrogens with one attached hydrogen (secondary N) is 1. The number of hydrogen-bond donors (Lipinski definition) is 1. The molecule has 2 saturated heterocycles. The molecule has 0 aromatic carbocycles. The minimum atomic E-state index is 0.643. The van der Waals surface area contributed by atoms with Crippen LogP contribution in [0.25, 0.3) is 0 Å². The van der Waals surface area contributed by atoms with Gasteiger partial charge in [-0.15, -0.1) is 0 Å². The van der Waals surface area contributed by atoms with E-state index in [1.54, 1.807) is 0 Å². The Hall–Kier alpha value is -0.480. The Balaban J connectivity index is 1.62. The third-order valence-electron chi connectivity index (χ3n) is 3.54. The second kappa shape index (κ2) is 4.80. The smallest absolute Gasteiger partial charge is 0.194 e. The lowest BCUT2D eigenvalue weighted by Crippen LogP contribution is -2.11. The minimum Gasteiger partial charge on any atom is -0.449 e. The van der Waals surface area contributed by atoms with Gasteiger partial charge in [-0.05, 0) is 37.6 Å². The van der Waals surface area contributed by atoms with Gasteiger partial charge in [-0.3, -0.25) is 0 Å². The van der Waals surface area contributed by atoms with Crippen LogP contribution in [0.3, 0.4) is 0 Å². The van der Waals surface area contributed by atoms with Gasteiger partial charge in [-0.25, -0.2) is 4.98 Å². The number of hydrogen-bond acceptors (Lipinski definition) is 4. The van der Waals surface area contributed by atoms with Gasteiger partial charge >= 0.3 is 0 Å². The molecule has 2 fully saturated rings. The fourth-order valence-electron chi connectivity index (χ4n) is 2.51. The van der Waals surface area contributed by atoms with Gasteiger partial charge in [0.2, 0.25) is 0 Å². The summed E-state index contributed by atoms with van der Waals surface area (Å²) < 4.78 is 5.59. The highest BCUT2D eigenvalue weighted by Crippen LogP contribution is 2.32. The zero-order chi connectivity index (χ0) is 10.8. The zero-order valence-electron chi connectivity index (χ0n) is 9.45. The van der Waals surface area contributed by atoms with Gasteiger partial charge in [0.1, 0.15) is 6.26 Å². The summed E-state index contributed by atoms with van der Waals surface area (Å²) >= 11 is 2.03. The fraction of sp³-hybridized carbons (Fsp3) is 0.750. The maximum absolute atomic E-state index is 5.59. The molecule has 2 atom stereocenters. The normalized spacial score (nSPS) is 30.0. The summed E-state index contributed by atoms with van der Waals surface area (Å²) in [5.41, 5.74) is 1.19. The third kappa shape index (κ3) is 2.28. The molecule has 2 aliphatic heterocycles. The van der Waals surface area contributed by atoms with Crippen LogP contribution in [0.15, 0.2) is 10.7 Å². The van der Waals surface area contributed by atoms with E-state index in [0.717, 1.165) is 31.3 Å². The molecule has 3 heterocycles. The number of nitrogens with zero attached hydrogens (tertiary/aromatic N) is 1. The Morgan fingerprint density at radius 2 is 2.50 bits per heavy atom. The van der Waals surface area contributed by atoms with Gasteiger partial charge in [0, 0.05) is 18.1 Å². The average Bonchev–Trinajstić information content (AvgIpc) is 2.99. The molecule has 1 aromatic rings. The predicted octanol–water partition coefficient (Wildman–Crippen LogP) is 2.05. The molecule has 3 nitrogen and oxygen atoms in total. The summed E-state index contributed by atoms with van der Waals surface area (Å²) in [6.45, 7) is 2.27. The number of rotatable bonds is 3. The molecule has 0 bridgehead atoms. The topological polar surface area (TPSA) is 38.1 Å². The summed E-state index contributed by atoms with van der Waals surface area (Å²) in [5.74, 6) is 4.81. The Morgan fingerprint density at radius 1 is 1.50 bits per heavy atom. The van der Waals surface area contributed by atoms with E-state index in [2.05, 4.69) is 10.3 Å².